The average molecular weight is 308 g/mol. The standard InChI is InChI=1S/C13H18O2.C6H14O/c1-4-10(2)13-7-5-12(6-8-13)9-15-11(3)14;1-3-5-6(7)4-2/h5-8,10H,4,9H2,1-3H3;6-7H,3-5H2,1-2H3. The van der Waals surface area contributed by atoms with Gasteiger partial charge < -0.3 is 9.84 Å². The van der Waals surface area contributed by atoms with Gasteiger partial charge in [0.25, 0.3) is 0 Å². The van der Waals surface area contributed by atoms with E-state index < -0.39 is 0 Å². The molecule has 3 heteroatoms. The molecule has 2 unspecified atom stereocenters. The molecule has 0 amide bonds. The minimum Gasteiger partial charge on any atom is -0.461 e. The predicted molar refractivity (Wildman–Crippen MR) is 91.8 cm³/mol. The van der Waals surface area contributed by atoms with Crippen molar-refractivity contribution in [1.82, 2.24) is 0 Å². The highest BCUT2D eigenvalue weighted by molar-refractivity contribution is 5.65. The lowest BCUT2D eigenvalue weighted by atomic mass is 9.98. The van der Waals surface area contributed by atoms with Crippen LogP contribution in [0.2, 0.25) is 0 Å². The topological polar surface area (TPSA) is 46.5 Å². The van der Waals surface area contributed by atoms with Gasteiger partial charge in [-0.3, -0.25) is 4.79 Å². The Hall–Kier alpha value is -1.35. The number of esters is 1. The Labute approximate surface area is 135 Å². The van der Waals surface area contributed by atoms with Gasteiger partial charge in [0, 0.05) is 6.92 Å². The van der Waals surface area contributed by atoms with Crippen LogP contribution < -0.4 is 0 Å². The van der Waals surface area contributed by atoms with Crippen LogP contribution in [-0.4, -0.2) is 17.2 Å². The summed E-state index contributed by atoms with van der Waals surface area (Å²) in [4.78, 5) is 10.6. The van der Waals surface area contributed by atoms with E-state index in [-0.39, 0.29) is 12.1 Å². The van der Waals surface area contributed by atoms with E-state index in [0.717, 1.165) is 31.2 Å². The molecule has 1 rings (SSSR count). The maximum Gasteiger partial charge on any atom is 0.302 e. The molecular formula is C19H32O3. The van der Waals surface area contributed by atoms with Gasteiger partial charge in [-0.25, -0.2) is 0 Å². The van der Waals surface area contributed by atoms with E-state index in [9.17, 15) is 4.79 Å². The number of hydrogen-bond donors (Lipinski definition) is 1. The zero-order valence-electron chi connectivity index (χ0n) is 14.8. The van der Waals surface area contributed by atoms with Gasteiger partial charge in [0.05, 0.1) is 6.10 Å². The summed E-state index contributed by atoms with van der Waals surface area (Å²) < 4.78 is 4.92. The number of carbonyl (C=O) groups is 1. The van der Waals surface area contributed by atoms with Crippen molar-refractivity contribution >= 4 is 5.97 Å². The van der Waals surface area contributed by atoms with Gasteiger partial charge in [-0.2, -0.15) is 0 Å². The summed E-state index contributed by atoms with van der Waals surface area (Å²) in [5.74, 6) is 0.355. The van der Waals surface area contributed by atoms with Crippen LogP contribution in [0.15, 0.2) is 24.3 Å². The third-order valence-electron chi connectivity index (χ3n) is 3.70. The van der Waals surface area contributed by atoms with E-state index in [0.29, 0.717) is 12.5 Å². The fraction of sp³-hybridized carbons (Fsp3) is 0.632. The number of aliphatic hydroxyl groups is 1. The van der Waals surface area contributed by atoms with E-state index >= 15 is 0 Å². The Bertz CT molecular complexity index is 398. The van der Waals surface area contributed by atoms with Gasteiger partial charge in [-0.05, 0) is 36.3 Å². The predicted octanol–water partition coefficient (Wildman–Crippen LogP) is 4.82. The first-order chi connectivity index (χ1) is 10.4. The van der Waals surface area contributed by atoms with Gasteiger partial charge in [0.1, 0.15) is 6.61 Å². The summed E-state index contributed by atoms with van der Waals surface area (Å²) in [6, 6.07) is 8.24. The number of benzene rings is 1. The molecule has 0 aromatic heterocycles. The van der Waals surface area contributed by atoms with E-state index in [1.54, 1.807) is 0 Å². The molecule has 3 nitrogen and oxygen atoms in total. The number of aliphatic hydroxyl groups excluding tert-OH is 1. The molecule has 0 bridgehead atoms. The lowest BCUT2D eigenvalue weighted by Crippen LogP contribution is -2.01. The summed E-state index contributed by atoms with van der Waals surface area (Å²) in [5, 5.41) is 8.86. The van der Waals surface area contributed by atoms with Crippen molar-refractivity contribution in [2.45, 2.75) is 78.9 Å². The van der Waals surface area contributed by atoms with E-state index in [2.05, 4.69) is 32.9 Å². The summed E-state index contributed by atoms with van der Waals surface area (Å²) in [5.41, 5.74) is 2.38. The Morgan fingerprint density at radius 1 is 1.14 bits per heavy atom. The molecule has 0 heterocycles. The maximum absolute atomic E-state index is 10.6. The zero-order chi connectivity index (χ0) is 17.0. The summed E-state index contributed by atoms with van der Waals surface area (Å²) in [7, 11) is 0. The van der Waals surface area contributed by atoms with Gasteiger partial charge in [-0.15, -0.1) is 0 Å². The molecule has 0 radical (unpaired) electrons. The van der Waals surface area contributed by atoms with E-state index in [1.807, 2.05) is 19.1 Å². The van der Waals surface area contributed by atoms with Crippen LogP contribution in [0.5, 0.6) is 0 Å². The molecule has 126 valence electrons. The highest BCUT2D eigenvalue weighted by atomic mass is 16.5. The van der Waals surface area contributed by atoms with Crippen molar-refractivity contribution < 1.29 is 14.6 Å². The molecule has 2 atom stereocenters. The largest absolute Gasteiger partial charge is 0.461 e. The molecule has 22 heavy (non-hydrogen) atoms. The molecule has 0 saturated heterocycles. The highest BCUT2D eigenvalue weighted by Crippen LogP contribution is 2.18. The minimum absolute atomic E-state index is 0.0509. The molecule has 1 aromatic carbocycles. The van der Waals surface area contributed by atoms with Gasteiger partial charge in [-0.1, -0.05) is 58.4 Å². The highest BCUT2D eigenvalue weighted by Gasteiger charge is 2.02. The van der Waals surface area contributed by atoms with Crippen LogP contribution in [0.25, 0.3) is 0 Å². The van der Waals surface area contributed by atoms with Crippen molar-refractivity contribution in [1.29, 1.82) is 0 Å². The quantitative estimate of drug-likeness (QED) is 0.734. The molecule has 0 aliphatic heterocycles. The summed E-state index contributed by atoms with van der Waals surface area (Å²) in [6.45, 7) is 10.3. The summed E-state index contributed by atoms with van der Waals surface area (Å²) >= 11 is 0. The lowest BCUT2D eigenvalue weighted by Gasteiger charge is -2.09. The van der Waals surface area contributed by atoms with Crippen molar-refractivity contribution in [2.75, 3.05) is 0 Å². The van der Waals surface area contributed by atoms with E-state index in [4.69, 9.17) is 9.84 Å². The number of ether oxygens (including phenoxy) is 1. The lowest BCUT2D eigenvalue weighted by molar-refractivity contribution is -0.142. The monoisotopic (exact) mass is 308 g/mol. The molecule has 0 aliphatic rings. The molecule has 0 aliphatic carbocycles. The van der Waals surface area contributed by atoms with Crippen LogP contribution >= 0.6 is 0 Å². The average Bonchev–Trinajstić information content (AvgIpc) is 2.53. The van der Waals surface area contributed by atoms with Crippen molar-refractivity contribution in [2.24, 2.45) is 0 Å². The molecule has 0 saturated carbocycles. The molecule has 0 fully saturated rings. The van der Waals surface area contributed by atoms with Crippen LogP contribution in [0, 0.1) is 0 Å². The number of hydrogen-bond acceptors (Lipinski definition) is 3. The molecule has 0 spiro atoms. The van der Waals surface area contributed by atoms with Crippen LogP contribution in [0.1, 0.15) is 77.3 Å². The first-order valence-electron chi connectivity index (χ1n) is 8.34. The van der Waals surface area contributed by atoms with Gasteiger partial charge >= 0.3 is 5.97 Å². The molecule has 1 aromatic rings. The smallest absolute Gasteiger partial charge is 0.302 e. The fourth-order valence-electron chi connectivity index (χ4n) is 1.90. The second-order valence-electron chi connectivity index (χ2n) is 5.68. The van der Waals surface area contributed by atoms with Gasteiger partial charge in [0.15, 0.2) is 0 Å². The van der Waals surface area contributed by atoms with Crippen LogP contribution in [-0.2, 0) is 16.1 Å². The Kier molecular flexibility index (Phi) is 11.5. The first-order valence-corrected chi connectivity index (χ1v) is 8.34. The van der Waals surface area contributed by atoms with E-state index in [1.165, 1.54) is 12.5 Å². The third-order valence-corrected chi connectivity index (χ3v) is 3.70. The second-order valence-corrected chi connectivity index (χ2v) is 5.68. The van der Waals surface area contributed by atoms with Crippen LogP contribution in [0.3, 0.4) is 0 Å². The first kappa shape index (κ1) is 20.6. The molecular weight excluding hydrogens is 276 g/mol. The number of carbonyl (C=O) groups excluding carboxylic acids is 1. The van der Waals surface area contributed by atoms with Crippen molar-refractivity contribution in [3.63, 3.8) is 0 Å². The zero-order valence-corrected chi connectivity index (χ0v) is 14.8. The van der Waals surface area contributed by atoms with Crippen molar-refractivity contribution in [3.8, 4) is 0 Å². The van der Waals surface area contributed by atoms with Gasteiger partial charge in [0.2, 0.25) is 0 Å². The normalized spacial score (nSPS) is 12.8. The Morgan fingerprint density at radius 2 is 1.73 bits per heavy atom. The third kappa shape index (κ3) is 9.56. The minimum atomic E-state index is -0.235. The van der Waals surface area contributed by atoms with Crippen molar-refractivity contribution in [3.05, 3.63) is 35.4 Å². The maximum atomic E-state index is 10.6. The fourth-order valence-corrected chi connectivity index (χ4v) is 1.90. The number of rotatable bonds is 7. The van der Waals surface area contributed by atoms with Crippen LogP contribution in [0.4, 0.5) is 0 Å². The SMILES string of the molecule is CCC(C)c1ccc(COC(C)=O)cc1.CCCC(O)CC. The second kappa shape index (κ2) is 12.2. The Balaban J connectivity index is 0.000000534. The summed E-state index contributed by atoms with van der Waals surface area (Å²) in [6.07, 6.45) is 4.04. The Morgan fingerprint density at radius 3 is 2.09 bits per heavy atom. The molecule has 1 N–H and O–H groups in total.